The highest BCUT2D eigenvalue weighted by molar-refractivity contribution is 6.31. The third kappa shape index (κ3) is 5.01. The molecule has 0 atom stereocenters. The van der Waals surface area contributed by atoms with Crippen molar-refractivity contribution in [1.29, 1.82) is 0 Å². The average Bonchev–Trinajstić information content (AvgIpc) is 3.27. The normalized spacial score (nSPS) is 14.7. The Morgan fingerprint density at radius 3 is 2.52 bits per heavy atom. The maximum absolute atomic E-state index is 12.9. The van der Waals surface area contributed by atoms with Crippen molar-refractivity contribution in [2.45, 2.75) is 39.5 Å². The summed E-state index contributed by atoms with van der Waals surface area (Å²) < 4.78 is 46.6. The number of ether oxygens (including phenoxy) is 1. The minimum atomic E-state index is -4.68. The van der Waals surface area contributed by atoms with Crippen LogP contribution in [0.4, 0.5) is 18.9 Å². The number of aryl methyl sites for hydroxylation is 2. The Labute approximate surface area is 181 Å². The van der Waals surface area contributed by atoms with Gasteiger partial charge in [0.25, 0.3) is 5.91 Å². The summed E-state index contributed by atoms with van der Waals surface area (Å²) in [6, 6.07) is 0. The fraction of sp³-hybridized carbons (Fsp3) is 0.556. The van der Waals surface area contributed by atoms with Crippen molar-refractivity contribution in [3.8, 4) is 0 Å². The second-order valence-corrected chi connectivity index (χ2v) is 7.27. The molecule has 0 unspecified atom stereocenters. The van der Waals surface area contributed by atoms with Crippen molar-refractivity contribution in [3.05, 3.63) is 28.3 Å². The van der Waals surface area contributed by atoms with E-state index in [-0.39, 0.29) is 35.9 Å². The van der Waals surface area contributed by atoms with Gasteiger partial charge in [0, 0.05) is 26.1 Å². The van der Waals surface area contributed by atoms with Gasteiger partial charge in [-0.25, -0.2) is 0 Å². The number of hydrogen-bond donors (Lipinski definition) is 1. The molecule has 13 heteroatoms. The molecule has 0 aromatic carbocycles. The molecular formula is C18H22ClF3N6O3. The third-order valence-corrected chi connectivity index (χ3v) is 5.32. The maximum atomic E-state index is 12.9. The van der Waals surface area contributed by atoms with Crippen LogP contribution in [-0.4, -0.2) is 62.6 Å². The highest BCUT2D eigenvalue weighted by Crippen LogP contribution is 2.35. The zero-order valence-corrected chi connectivity index (χ0v) is 17.8. The van der Waals surface area contributed by atoms with E-state index in [1.807, 2.05) is 6.92 Å². The van der Waals surface area contributed by atoms with Gasteiger partial charge in [-0.15, -0.1) is 0 Å². The number of halogens is 4. The maximum Gasteiger partial charge on any atom is 0.436 e. The topological polar surface area (TPSA) is 94.3 Å². The summed E-state index contributed by atoms with van der Waals surface area (Å²) in [6.07, 6.45) is -3.47. The van der Waals surface area contributed by atoms with Crippen LogP contribution in [0, 0.1) is 6.92 Å². The third-order valence-electron chi connectivity index (χ3n) is 4.87. The summed E-state index contributed by atoms with van der Waals surface area (Å²) in [5.74, 6) is -0.770. The molecule has 0 spiro atoms. The number of aromatic nitrogens is 4. The van der Waals surface area contributed by atoms with E-state index in [1.54, 1.807) is 4.90 Å². The molecule has 0 bridgehead atoms. The van der Waals surface area contributed by atoms with Gasteiger partial charge in [0.05, 0.1) is 42.4 Å². The SMILES string of the molecule is CCn1ncc(NC(=O)CCn2nc(C(F)(F)F)c(Cl)c2C)c1C(=O)N1CCOCC1. The molecule has 2 amide bonds. The van der Waals surface area contributed by atoms with Crippen molar-refractivity contribution in [2.75, 3.05) is 31.6 Å². The number of rotatable bonds is 6. The summed E-state index contributed by atoms with van der Waals surface area (Å²) in [5.41, 5.74) is -0.580. The van der Waals surface area contributed by atoms with E-state index in [0.29, 0.717) is 32.8 Å². The minimum absolute atomic E-state index is 0.109. The molecule has 31 heavy (non-hydrogen) atoms. The highest BCUT2D eigenvalue weighted by atomic mass is 35.5. The van der Waals surface area contributed by atoms with Crippen molar-refractivity contribution in [1.82, 2.24) is 24.5 Å². The molecule has 0 aliphatic carbocycles. The highest BCUT2D eigenvalue weighted by Gasteiger charge is 2.38. The van der Waals surface area contributed by atoms with E-state index in [0.717, 1.165) is 4.68 Å². The summed E-state index contributed by atoms with van der Waals surface area (Å²) >= 11 is 5.73. The first-order chi connectivity index (χ1) is 14.6. The molecule has 1 aliphatic rings. The largest absolute Gasteiger partial charge is 0.436 e. The van der Waals surface area contributed by atoms with Crippen LogP contribution in [-0.2, 0) is 28.8 Å². The fourth-order valence-electron chi connectivity index (χ4n) is 3.20. The number of nitrogens with zero attached hydrogens (tertiary/aromatic N) is 5. The number of anilines is 1. The van der Waals surface area contributed by atoms with Crippen LogP contribution >= 0.6 is 11.6 Å². The Bertz CT molecular complexity index is 966. The Balaban J connectivity index is 1.70. The zero-order valence-electron chi connectivity index (χ0n) is 17.0. The summed E-state index contributed by atoms with van der Waals surface area (Å²) in [7, 11) is 0. The Kier molecular flexibility index (Phi) is 6.90. The quantitative estimate of drug-likeness (QED) is 0.712. The van der Waals surface area contributed by atoms with Crippen LogP contribution in [0.5, 0.6) is 0 Å². The number of alkyl halides is 3. The lowest BCUT2D eigenvalue weighted by molar-refractivity contribution is -0.141. The molecule has 0 saturated carbocycles. The van der Waals surface area contributed by atoms with Crippen LogP contribution in [0.25, 0.3) is 0 Å². The van der Waals surface area contributed by atoms with Gasteiger partial charge in [0.2, 0.25) is 5.91 Å². The summed E-state index contributed by atoms with van der Waals surface area (Å²) in [6.45, 7) is 5.25. The van der Waals surface area contributed by atoms with Gasteiger partial charge >= 0.3 is 6.18 Å². The van der Waals surface area contributed by atoms with Crippen LogP contribution in [0.15, 0.2) is 6.20 Å². The number of carbonyl (C=O) groups excluding carboxylic acids is 2. The number of carbonyl (C=O) groups is 2. The summed E-state index contributed by atoms with van der Waals surface area (Å²) in [5, 5.41) is 9.75. The average molecular weight is 463 g/mol. The Hall–Kier alpha value is -2.60. The predicted octanol–water partition coefficient (Wildman–Crippen LogP) is 2.58. The molecule has 1 saturated heterocycles. The van der Waals surface area contributed by atoms with Crippen LogP contribution in [0.3, 0.4) is 0 Å². The van der Waals surface area contributed by atoms with Crippen molar-refractivity contribution < 1.29 is 27.5 Å². The second-order valence-electron chi connectivity index (χ2n) is 6.89. The van der Waals surface area contributed by atoms with Gasteiger partial charge in [0.1, 0.15) is 5.69 Å². The molecule has 1 aliphatic heterocycles. The van der Waals surface area contributed by atoms with Crippen molar-refractivity contribution >= 4 is 29.1 Å². The van der Waals surface area contributed by atoms with E-state index in [9.17, 15) is 22.8 Å². The molecule has 3 heterocycles. The van der Waals surface area contributed by atoms with Crippen LogP contribution in [0.2, 0.25) is 5.02 Å². The van der Waals surface area contributed by atoms with E-state index < -0.39 is 22.8 Å². The predicted molar refractivity (Wildman–Crippen MR) is 105 cm³/mol. The van der Waals surface area contributed by atoms with Crippen molar-refractivity contribution in [3.63, 3.8) is 0 Å². The van der Waals surface area contributed by atoms with E-state index in [4.69, 9.17) is 16.3 Å². The minimum Gasteiger partial charge on any atom is -0.378 e. The molecule has 3 rings (SSSR count). The summed E-state index contributed by atoms with van der Waals surface area (Å²) in [4.78, 5) is 27.0. The zero-order chi connectivity index (χ0) is 22.8. The van der Waals surface area contributed by atoms with Crippen LogP contribution in [0.1, 0.15) is 35.2 Å². The lowest BCUT2D eigenvalue weighted by atomic mass is 10.2. The van der Waals surface area contributed by atoms with E-state index in [2.05, 4.69) is 15.5 Å². The molecular weight excluding hydrogens is 441 g/mol. The molecule has 2 aromatic heterocycles. The van der Waals surface area contributed by atoms with E-state index >= 15 is 0 Å². The second kappa shape index (κ2) is 9.27. The smallest absolute Gasteiger partial charge is 0.378 e. The lowest BCUT2D eigenvalue weighted by Gasteiger charge is -2.27. The molecule has 9 nitrogen and oxygen atoms in total. The number of morpholine rings is 1. The first kappa shape index (κ1) is 23.1. The van der Waals surface area contributed by atoms with Crippen molar-refractivity contribution in [2.24, 2.45) is 0 Å². The van der Waals surface area contributed by atoms with Crippen LogP contribution < -0.4 is 5.32 Å². The first-order valence-corrected chi connectivity index (χ1v) is 10.0. The standard InChI is InChI=1S/C18H22ClF3N6O3/c1-3-27-15(17(30)26-6-8-31-9-7-26)12(10-23-27)24-13(29)4-5-28-11(2)14(19)16(25-28)18(20,21)22/h10H,3-9H2,1-2H3,(H,24,29). The number of nitrogens with one attached hydrogen (secondary N) is 1. The Morgan fingerprint density at radius 1 is 1.26 bits per heavy atom. The van der Waals surface area contributed by atoms with Gasteiger partial charge < -0.3 is 15.0 Å². The number of hydrogen-bond acceptors (Lipinski definition) is 5. The first-order valence-electron chi connectivity index (χ1n) is 9.66. The van der Waals surface area contributed by atoms with Gasteiger partial charge in [0.15, 0.2) is 5.69 Å². The lowest BCUT2D eigenvalue weighted by Crippen LogP contribution is -2.41. The molecule has 0 radical (unpaired) electrons. The fourth-order valence-corrected chi connectivity index (χ4v) is 3.44. The van der Waals surface area contributed by atoms with Gasteiger partial charge in [-0.1, -0.05) is 11.6 Å². The van der Waals surface area contributed by atoms with E-state index in [1.165, 1.54) is 17.8 Å². The molecule has 170 valence electrons. The number of amides is 2. The monoisotopic (exact) mass is 462 g/mol. The van der Waals surface area contributed by atoms with Gasteiger partial charge in [-0.2, -0.15) is 23.4 Å². The molecule has 2 aromatic rings. The van der Waals surface area contributed by atoms with Gasteiger partial charge in [-0.05, 0) is 13.8 Å². The van der Waals surface area contributed by atoms with Gasteiger partial charge in [-0.3, -0.25) is 19.0 Å². The molecule has 1 fully saturated rings. The Morgan fingerprint density at radius 2 is 1.94 bits per heavy atom. The molecule has 1 N–H and O–H groups in total.